The first-order valence-electron chi connectivity index (χ1n) is 5.09. The van der Waals surface area contributed by atoms with Crippen molar-refractivity contribution < 1.29 is 0 Å². The number of benzene rings is 1. The minimum absolute atomic E-state index is 0.00917. The van der Waals surface area contributed by atoms with E-state index in [4.69, 9.17) is 5.73 Å². The quantitative estimate of drug-likeness (QED) is 0.800. The highest BCUT2D eigenvalue weighted by Crippen LogP contribution is 2.34. The van der Waals surface area contributed by atoms with Gasteiger partial charge in [0.25, 0.3) is 0 Å². The van der Waals surface area contributed by atoms with Crippen molar-refractivity contribution >= 4 is 21.6 Å². The Hall–Kier alpha value is -0.930. The van der Waals surface area contributed by atoms with Gasteiger partial charge in [0, 0.05) is 0 Å². The van der Waals surface area contributed by atoms with E-state index in [1.54, 1.807) is 11.3 Å². The van der Waals surface area contributed by atoms with Gasteiger partial charge in [0.1, 0.15) is 5.01 Å². The monoisotopic (exact) mass is 220 g/mol. The molecule has 0 spiro atoms. The van der Waals surface area contributed by atoms with Gasteiger partial charge < -0.3 is 5.73 Å². The van der Waals surface area contributed by atoms with E-state index < -0.39 is 0 Å². The van der Waals surface area contributed by atoms with Crippen molar-refractivity contribution in [2.45, 2.75) is 26.8 Å². The highest BCUT2D eigenvalue weighted by Gasteiger charge is 2.25. The zero-order chi connectivity index (χ0) is 11.1. The summed E-state index contributed by atoms with van der Waals surface area (Å²) in [5.74, 6) is 0. The van der Waals surface area contributed by atoms with E-state index in [0.29, 0.717) is 0 Å². The van der Waals surface area contributed by atoms with Crippen LogP contribution in [-0.4, -0.2) is 4.98 Å². The summed E-state index contributed by atoms with van der Waals surface area (Å²) in [6, 6.07) is 8.17. The van der Waals surface area contributed by atoms with Crippen molar-refractivity contribution in [1.29, 1.82) is 0 Å². The number of fused-ring (bicyclic) bond motifs is 1. The highest BCUT2D eigenvalue weighted by molar-refractivity contribution is 7.18. The van der Waals surface area contributed by atoms with Crippen molar-refractivity contribution in [3.8, 4) is 0 Å². The van der Waals surface area contributed by atoms with Crippen molar-refractivity contribution in [3.05, 3.63) is 29.3 Å². The van der Waals surface area contributed by atoms with E-state index >= 15 is 0 Å². The van der Waals surface area contributed by atoms with Gasteiger partial charge in [-0.2, -0.15) is 0 Å². The lowest BCUT2D eigenvalue weighted by molar-refractivity contribution is 0.326. The van der Waals surface area contributed by atoms with Crippen LogP contribution in [0.15, 0.2) is 24.3 Å². The Bertz CT molecular complexity index is 435. The molecule has 0 radical (unpaired) electrons. The Morgan fingerprint density at radius 2 is 1.93 bits per heavy atom. The topological polar surface area (TPSA) is 38.9 Å². The van der Waals surface area contributed by atoms with Crippen LogP contribution in [0.5, 0.6) is 0 Å². The van der Waals surface area contributed by atoms with Gasteiger partial charge in [-0.05, 0) is 17.5 Å². The lowest BCUT2D eigenvalue weighted by Crippen LogP contribution is -2.25. The van der Waals surface area contributed by atoms with Crippen LogP contribution in [0.1, 0.15) is 31.8 Å². The Kier molecular flexibility index (Phi) is 2.52. The highest BCUT2D eigenvalue weighted by atomic mass is 32.1. The Morgan fingerprint density at radius 3 is 2.53 bits per heavy atom. The smallest absolute Gasteiger partial charge is 0.111 e. The minimum atomic E-state index is 0.00917. The number of aromatic nitrogens is 1. The van der Waals surface area contributed by atoms with Crippen molar-refractivity contribution in [2.24, 2.45) is 11.1 Å². The predicted molar refractivity (Wildman–Crippen MR) is 66.0 cm³/mol. The molecule has 0 saturated carbocycles. The van der Waals surface area contributed by atoms with Crippen LogP contribution in [0, 0.1) is 5.41 Å². The molecular weight excluding hydrogens is 204 g/mol. The number of nitrogens with two attached hydrogens (primary N) is 1. The molecule has 0 amide bonds. The van der Waals surface area contributed by atoms with E-state index in [-0.39, 0.29) is 11.5 Å². The molecule has 0 bridgehead atoms. The lowest BCUT2D eigenvalue weighted by atomic mass is 9.88. The molecule has 3 heteroatoms. The Morgan fingerprint density at radius 1 is 1.27 bits per heavy atom. The third kappa shape index (κ3) is 2.03. The molecule has 1 atom stereocenters. The molecular formula is C12H16N2S. The zero-order valence-electron chi connectivity index (χ0n) is 9.32. The number of para-hydroxylation sites is 1. The average Bonchev–Trinajstić information content (AvgIpc) is 2.58. The summed E-state index contributed by atoms with van der Waals surface area (Å²) in [6.07, 6.45) is 0. The number of rotatable bonds is 1. The van der Waals surface area contributed by atoms with Crippen molar-refractivity contribution in [1.82, 2.24) is 4.98 Å². The normalized spacial score (nSPS) is 14.4. The molecule has 0 fully saturated rings. The molecule has 80 valence electrons. The molecule has 2 rings (SSSR count). The molecule has 1 heterocycles. The number of hydrogen-bond acceptors (Lipinski definition) is 3. The first-order valence-corrected chi connectivity index (χ1v) is 5.91. The van der Waals surface area contributed by atoms with Gasteiger partial charge in [-0.15, -0.1) is 11.3 Å². The molecule has 0 aliphatic carbocycles. The predicted octanol–water partition coefficient (Wildman–Crippen LogP) is 3.34. The maximum atomic E-state index is 6.18. The molecule has 2 nitrogen and oxygen atoms in total. The number of nitrogens with zero attached hydrogens (tertiary/aromatic N) is 1. The Balaban J connectivity index is 2.45. The van der Waals surface area contributed by atoms with E-state index in [0.717, 1.165) is 10.5 Å². The first-order chi connectivity index (χ1) is 6.98. The second-order valence-corrected chi connectivity index (χ2v) is 5.93. The summed E-state index contributed by atoms with van der Waals surface area (Å²) < 4.78 is 1.22. The van der Waals surface area contributed by atoms with Crippen molar-refractivity contribution in [2.75, 3.05) is 0 Å². The molecule has 1 unspecified atom stereocenters. The molecule has 0 aliphatic rings. The fourth-order valence-corrected chi connectivity index (χ4v) is 2.61. The third-order valence-electron chi connectivity index (χ3n) is 2.51. The first kappa shape index (κ1) is 10.6. The van der Waals surface area contributed by atoms with E-state index in [1.807, 2.05) is 18.2 Å². The molecule has 15 heavy (non-hydrogen) atoms. The van der Waals surface area contributed by atoms with Gasteiger partial charge in [-0.1, -0.05) is 32.9 Å². The Labute approximate surface area is 94.1 Å². The van der Waals surface area contributed by atoms with E-state index in [2.05, 4.69) is 31.8 Å². The van der Waals surface area contributed by atoms with Crippen LogP contribution in [0.25, 0.3) is 10.2 Å². The van der Waals surface area contributed by atoms with Gasteiger partial charge in [0.15, 0.2) is 0 Å². The summed E-state index contributed by atoms with van der Waals surface area (Å²) in [6.45, 7) is 6.43. The summed E-state index contributed by atoms with van der Waals surface area (Å²) in [5.41, 5.74) is 7.30. The number of hydrogen-bond donors (Lipinski definition) is 1. The maximum Gasteiger partial charge on any atom is 0.111 e. The van der Waals surface area contributed by atoms with E-state index in [1.165, 1.54) is 4.70 Å². The van der Waals surface area contributed by atoms with Crippen LogP contribution in [0.3, 0.4) is 0 Å². The molecule has 1 aromatic carbocycles. The van der Waals surface area contributed by atoms with Crippen LogP contribution in [0.4, 0.5) is 0 Å². The van der Waals surface area contributed by atoms with Gasteiger partial charge in [0.2, 0.25) is 0 Å². The van der Waals surface area contributed by atoms with Crippen LogP contribution >= 0.6 is 11.3 Å². The second kappa shape index (κ2) is 3.58. The van der Waals surface area contributed by atoms with Gasteiger partial charge in [-0.25, -0.2) is 4.98 Å². The summed E-state index contributed by atoms with van der Waals surface area (Å²) in [7, 11) is 0. The summed E-state index contributed by atoms with van der Waals surface area (Å²) in [4.78, 5) is 4.57. The minimum Gasteiger partial charge on any atom is -0.322 e. The van der Waals surface area contributed by atoms with Crippen molar-refractivity contribution in [3.63, 3.8) is 0 Å². The molecule has 2 N–H and O–H groups in total. The lowest BCUT2D eigenvalue weighted by Gasteiger charge is -2.24. The van der Waals surface area contributed by atoms with E-state index in [9.17, 15) is 0 Å². The molecule has 2 aromatic rings. The fraction of sp³-hybridized carbons (Fsp3) is 0.417. The van der Waals surface area contributed by atoms with Gasteiger partial charge in [0.05, 0.1) is 16.3 Å². The molecule has 0 aliphatic heterocycles. The number of thiazole rings is 1. The largest absolute Gasteiger partial charge is 0.322 e. The zero-order valence-corrected chi connectivity index (χ0v) is 10.1. The second-order valence-electron chi connectivity index (χ2n) is 4.86. The average molecular weight is 220 g/mol. The summed E-state index contributed by atoms with van der Waals surface area (Å²) >= 11 is 1.70. The van der Waals surface area contributed by atoms with Gasteiger partial charge in [-0.3, -0.25) is 0 Å². The third-order valence-corrected chi connectivity index (χ3v) is 3.63. The van der Waals surface area contributed by atoms with Gasteiger partial charge >= 0.3 is 0 Å². The molecule has 1 aromatic heterocycles. The molecule has 0 saturated heterocycles. The fourth-order valence-electron chi connectivity index (χ4n) is 1.39. The van der Waals surface area contributed by atoms with Crippen LogP contribution in [0.2, 0.25) is 0 Å². The summed E-state index contributed by atoms with van der Waals surface area (Å²) in [5, 5.41) is 1.03. The standard InChI is InChI=1S/C12H16N2S/c1-12(2,3)10(13)11-14-8-6-4-5-7-9(8)15-11/h4-7,10H,13H2,1-3H3. The van der Waals surface area contributed by atoms with Crippen LogP contribution < -0.4 is 5.73 Å². The SMILES string of the molecule is CC(C)(C)C(N)c1nc2ccccc2s1. The van der Waals surface area contributed by atoms with Crippen LogP contribution in [-0.2, 0) is 0 Å². The maximum absolute atomic E-state index is 6.18.